The Bertz CT molecular complexity index is 1310. The van der Waals surface area contributed by atoms with Crippen LogP contribution in [0.15, 0.2) is 58.1 Å². The maximum absolute atomic E-state index is 12.5. The minimum absolute atomic E-state index is 0.139. The van der Waals surface area contributed by atoms with Crippen molar-refractivity contribution in [3.8, 4) is 0 Å². The summed E-state index contributed by atoms with van der Waals surface area (Å²) < 4.78 is 5.25. The Balaban J connectivity index is 1.64. The van der Waals surface area contributed by atoms with Gasteiger partial charge in [-0.25, -0.2) is 9.78 Å². The molecule has 0 aliphatic rings. The molecule has 0 fully saturated rings. The molecule has 2 heterocycles. The molecule has 0 atom stereocenters. The number of fused-ring (bicyclic) bond motifs is 2. The molecule has 8 heteroatoms. The topological polar surface area (TPSA) is 105 Å². The molecule has 0 radical (unpaired) electrons. The molecule has 134 valence electrons. The van der Waals surface area contributed by atoms with Gasteiger partial charge in [0.05, 0.1) is 16.5 Å². The number of hydrogen-bond donors (Lipinski definition) is 2. The van der Waals surface area contributed by atoms with Crippen LogP contribution in [0.1, 0.15) is 16.2 Å². The van der Waals surface area contributed by atoms with Gasteiger partial charge in [-0.05, 0) is 24.3 Å². The van der Waals surface area contributed by atoms with Crippen molar-refractivity contribution in [3.63, 3.8) is 0 Å². The molecular weight excluding hydrogens is 370 g/mol. The molecule has 0 bridgehead atoms. The number of para-hydroxylation sites is 1. The fraction of sp³-hybridized carbons (Fsp3) is 0.0526. The Morgan fingerprint density at radius 2 is 1.85 bits per heavy atom. The number of carbonyl (C=O) groups excluding carboxylic acids is 1. The first-order valence-corrected chi connectivity index (χ1v) is 8.37. The lowest BCUT2D eigenvalue weighted by Crippen LogP contribution is -2.16. The summed E-state index contributed by atoms with van der Waals surface area (Å²) in [5.74, 6) is -0.511. The predicted molar refractivity (Wildman–Crippen MR) is 101 cm³/mol. The zero-order valence-electron chi connectivity index (χ0n) is 13.8. The molecule has 4 rings (SSSR count). The van der Waals surface area contributed by atoms with E-state index in [0.717, 1.165) is 0 Å². The van der Waals surface area contributed by atoms with E-state index in [1.54, 1.807) is 42.5 Å². The maximum atomic E-state index is 12.5. The van der Waals surface area contributed by atoms with Gasteiger partial charge in [-0.15, -0.1) is 0 Å². The van der Waals surface area contributed by atoms with Gasteiger partial charge in [0, 0.05) is 22.0 Å². The van der Waals surface area contributed by atoms with Gasteiger partial charge in [0.25, 0.3) is 5.56 Å². The van der Waals surface area contributed by atoms with Gasteiger partial charge in [0.15, 0.2) is 0 Å². The smallest absolute Gasteiger partial charge is 0.339 e. The first-order chi connectivity index (χ1) is 13.0. The van der Waals surface area contributed by atoms with Gasteiger partial charge in [-0.2, -0.15) is 0 Å². The molecule has 2 aromatic carbocycles. The molecule has 0 amide bonds. The number of nitrogens with one attached hydrogen (secondary N) is 2. The fourth-order valence-electron chi connectivity index (χ4n) is 2.81. The van der Waals surface area contributed by atoms with Crippen LogP contribution in [0.2, 0.25) is 5.02 Å². The highest BCUT2D eigenvalue weighted by molar-refractivity contribution is 6.31. The van der Waals surface area contributed by atoms with Gasteiger partial charge >= 0.3 is 5.97 Å². The van der Waals surface area contributed by atoms with Crippen LogP contribution < -0.4 is 11.1 Å². The first-order valence-electron chi connectivity index (χ1n) is 7.99. The number of halogens is 1. The van der Waals surface area contributed by atoms with E-state index < -0.39 is 11.5 Å². The molecule has 0 aliphatic carbocycles. The quantitative estimate of drug-likeness (QED) is 0.531. The van der Waals surface area contributed by atoms with Crippen LogP contribution >= 0.6 is 11.6 Å². The normalized spacial score (nSPS) is 11.0. The average Bonchev–Trinajstić information content (AvgIpc) is 2.65. The minimum atomic E-state index is -0.689. The monoisotopic (exact) mass is 381 g/mol. The second kappa shape index (κ2) is 6.69. The summed E-state index contributed by atoms with van der Waals surface area (Å²) in [6.45, 7) is -0.252. The van der Waals surface area contributed by atoms with Crippen molar-refractivity contribution in [2.24, 2.45) is 0 Å². The zero-order valence-corrected chi connectivity index (χ0v) is 14.5. The lowest BCUT2D eigenvalue weighted by Gasteiger charge is -2.07. The van der Waals surface area contributed by atoms with Crippen LogP contribution in [0.4, 0.5) is 0 Å². The zero-order chi connectivity index (χ0) is 19.0. The lowest BCUT2D eigenvalue weighted by atomic mass is 10.1. The lowest BCUT2D eigenvalue weighted by molar-refractivity contribution is 0.0464. The van der Waals surface area contributed by atoms with Crippen LogP contribution in [0.5, 0.6) is 0 Å². The number of benzene rings is 2. The molecule has 7 nitrogen and oxygen atoms in total. The highest BCUT2D eigenvalue weighted by Gasteiger charge is 2.14. The van der Waals surface area contributed by atoms with Crippen LogP contribution in [0, 0.1) is 0 Å². The predicted octanol–water partition coefficient (Wildman–Crippen LogP) is 2.78. The number of hydrogen-bond acceptors (Lipinski definition) is 5. The summed E-state index contributed by atoms with van der Waals surface area (Å²) in [5.41, 5.74) is 0.306. The Hall–Kier alpha value is -3.45. The van der Waals surface area contributed by atoms with E-state index in [2.05, 4.69) is 15.0 Å². The van der Waals surface area contributed by atoms with Gasteiger partial charge < -0.3 is 14.7 Å². The molecule has 0 saturated heterocycles. The Labute approximate surface area is 156 Å². The third-order valence-electron chi connectivity index (χ3n) is 4.03. The van der Waals surface area contributed by atoms with Crippen LogP contribution in [0.3, 0.4) is 0 Å². The Morgan fingerprint density at radius 1 is 1.04 bits per heavy atom. The SMILES string of the molecule is O=C(OCc1nc2cc(Cl)ccc2c(=O)[nH]1)c1cc(=O)[nH]c2ccccc12. The van der Waals surface area contributed by atoms with Crippen molar-refractivity contribution in [2.75, 3.05) is 0 Å². The molecule has 0 saturated carbocycles. The van der Waals surface area contributed by atoms with Crippen molar-refractivity contribution >= 4 is 39.4 Å². The molecule has 0 unspecified atom stereocenters. The number of pyridine rings is 1. The average molecular weight is 382 g/mol. The Morgan fingerprint density at radius 3 is 2.70 bits per heavy atom. The van der Waals surface area contributed by atoms with E-state index in [4.69, 9.17) is 16.3 Å². The van der Waals surface area contributed by atoms with Crippen molar-refractivity contribution in [3.05, 3.63) is 85.6 Å². The number of carbonyl (C=O) groups is 1. The van der Waals surface area contributed by atoms with Crippen LogP contribution in [-0.2, 0) is 11.3 Å². The van der Waals surface area contributed by atoms with Crippen LogP contribution in [0.25, 0.3) is 21.8 Å². The number of aromatic amines is 2. The standard InChI is InChI=1S/C19H12ClN3O4/c20-10-5-6-12-15(7-10)21-16(23-18(12)25)9-27-19(26)13-8-17(24)22-14-4-2-1-3-11(13)14/h1-8H,9H2,(H,22,24)(H,21,23,25). The second-order valence-corrected chi connectivity index (χ2v) is 6.28. The number of ether oxygens (including phenoxy) is 1. The molecular formula is C19H12ClN3O4. The Kier molecular flexibility index (Phi) is 4.21. The third-order valence-corrected chi connectivity index (χ3v) is 4.26. The second-order valence-electron chi connectivity index (χ2n) is 5.84. The van der Waals surface area contributed by atoms with Gasteiger partial charge in [0.1, 0.15) is 12.4 Å². The van der Waals surface area contributed by atoms with Gasteiger partial charge in [0.2, 0.25) is 5.56 Å². The minimum Gasteiger partial charge on any atom is -0.454 e. The maximum Gasteiger partial charge on any atom is 0.339 e. The highest BCUT2D eigenvalue weighted by Crippen LogP contribution is 2.17. The van der Waals surface area contributed by atoms with E-state index in [1.807, 2.05) is 0 Å². The number of aromatic nitrogens is 3. The van der Waals surface area contributed by atoms with Crippen molar-refractivity contribution in [1.29, 1.82) is 0 Å². The highest BCUT2D eigenvalue weighted by atomic mass is 35.5. The molecule has 0 aliphatic heterocycles. The summed E-state index contributed by atoms with van der Waals surface area (Å²) in [7, 11) is 0. The fourth-order valence-corrected chi connectivity index (χ4v) is 2.98. The summed E-state index contributed by atoms with van der Waals surface area (Å²) in [5, 5.41) is 1.39. The number of H-pyrrole nitrogens is 2. The van der Waals surface area contributed by atoms with E-state index >= 15 is 0 Å². The molecule has 0 spiro atoms. The number of nitrogens with zero attached hydrogens (tertiary/aromatic N) is 1. The summed E-state index contributed by atoms with van der Waals surface area (Å²) >= 11 is 5.93. The van der Waals surface area contributed by atoms with Crippen molar-refractivity contribution in [1.82, 2.24) is 15.0 Å². The van der Waals surface area contributed by atoms with Gasteiger partial charge in [-0.1, -0.05) is 29.8 Å². The summed E-state index contributed by atoms with van der Waals surface area (Å²) in [6.07, 6.45) is 0. The molecule has 4 aromatic rings. The molecule has 27 heavy (non-hydrogen) atoms. The first kappa shape index (κ1) is 17.0. The number of rotatable bonds is 3. The molecule has 2 aromatic heterocycles. The van der Waals surface area contributed by atoms with E-state index in [9.17, 15) is 14.4 Å². The third kappa shape index (κ3) is 3.32. The van der Waals surface area contributed by atoms with E-state index in [0.29, 0.717) is 26.8 Å². The largest absolute Gasteiger partial charge is 0.454 e. The summed E-state index contributed by atoms with van der Waals surface area (Å²) in [4.78, 5) is 45.8. The van der Waals surface area contributed by atoms with Crippen molar-refractivity contribution < 1.29 is 9.53 Å². The van der Waals surface area contributed by atoms with Crippen LogP contribution in [-0.4, -0.2) is 20.9 Å². The van der Waals surface area contributed by atoms with Crippen molar-refractivity contribution in [2.45, 2.75) is 6.61 Å². The molecule has 2 N–H and O–H groups in total. The summed E-state index contributed by atoms with van der Waals surface area (Å²) in [6, 6.07) is 12.8. The van der Waals surface area contributed by atoms with Gasteiger partial charge in [-0.3, -0.25) is 9.59 Å². The van der Waals surface area contributed by atoms with E-state index in [-0.39, 0.29) is 23.6 Å². The number of esters is 1. The van der Waals surface area contributed by atoms with E-state index in [1.165, 1.54) is 6.07 Å².